The molecule has 2 aromatic heterocycles. The van der Waals surface area contributed by atoms with E-state index in [1.54, 1.807) is 31.6 Å². The zero-order chi connectivity index (χ0) is 16.6. The van der Waals surface area contributed by atoms with Crippen molar-refractivity contribution in [2.75, 3.05) is 0 Å². The molecule has 0 radical (unpaired) electrons. The van der Waals surface area contributed by atoms with Crippen molar-refractivity contribution in [3.05, 3.63) is 23.0 Å². The molecule has 2 rings (SSSR count). The predicted octanol–water partition coefficient (Wildman–Crippen LogP) is 1.42. The van der Waals surface area contributed by atoms with Gasteiger partial charge in [-0.25, -0.2) is 4.98 Å². The van der Waals surface area contributed by atoms with E-state index in [1.807, 2.05) is 13.8 Å². The minimum absolute atomic E-state index is 0.313. The molecule has 0 saturated carbocycles. The summed E-state index contributed by atoms with van der Waals surface area (Å²) in [5.41, 5.74) is 2.53. The highest BCUT2D eigenvalue weighted by Crippen LogP contribution is 2.21. The van der Waals surface area contributed by atoms with Gasteiger partial charge in [-0.05, 0) is 33.8 Å². The number of hydrogen-bond acceptors (Lipinski definition) is 4. The van der Waals surface area contributed by atoms with Crippen LogP contribution in [0.25, 0.3) is 11.0 Å². The molecule has 0 aliphatic heterocycles. The van der Waals surface area contributed by atoms with Crippen molar-refractivity contribution in [1.29, 1.82) is 0 Å². The number of amides is 1. The molecule has 2 N–H and O–H groups in total. The lowest BCUT2D eigenvalue weighted by molar-refractivity contribution is -0.141. The summed E-state index contributed by atoms with van der Waals surface area (Å²) < 4.78 is 1.64. The molecule has 7 nitrogen and oxygen atoms in total. The van der Waals surface area contributed by atoms with E-state index in [9.17, 15) is 9.59 Å². The van der Waals surface area contributed by atoms with Gasteiger partial charge in [0.15, 0.2) is 5.65 Å². The average Bonchev–Trinajstić information content (AvgIpc) is 2.71. The number of carboxylic acid groups (broad SMARTS) is 1. The van der Waals surface area contributed by atoms with E-state index in [-0.39, 0.29) is 5.91 Å². The fourth-order valence-electron chi connectivity index (χ4n) is 2.37. The molecule has 0 bridgehead atoms. The number of nitrogens with one attached hydrogen (secondary N) is 1. The smallest absolute Gasteiger partial charge is 0.308 e. The van der Waals surface area contributed by atoms with Crippen molar-refractivity contribution >= 4 is 22.9 Å². The van der Waals surface area contributed by atoms with E-state index in [0.29, 0.717) is 28.0 Å². The van der Waals surface area contributed by atoms with Crippen LogP contribution in [0, 0.1) is 19.8 Å². The lowest BCUT2D eigenvalue weighted by atomic mass is 10.0. The zero-order valence-electron chi connectivity index (χ0n) is 13.3. The first-order chi connectivity index (χ1) is 10.2. The van der Waals surface area contributed by atoms with E-state index < -0.39 is 17.9 Å². The van der Waals surface area contributed by atoms with Crippen LogP contribution in [0.15, 0.2) is 6.07 Å². The van der Waals surface area contributed by atoms with Crippen LogP contribution < -0.4 is 5.32 Å². The summed E-state index contributed by atoms with van der Waals surface area (Å²) in [6, 6.07) is 1.22. The van der Waals surface area contributed by atoms with Gasteiger partial charge in [0.1, 0.15) is 0 Å². The summed E-state index contributed by atoms with van der Waals surface area (Å²) in [6.45, 7) is 6.87. The van der Waals surface area contributed by atoms with E-state index in [0.717, 1.165) is 0 Å². The summed E-state index contributed by atoms with van der Waals surface area (Å²) in [5.74, 6) is -1.93. The fourth-order valence-corrected chi connectivity index (χ4v) is 2.37. The Bertz CT molecular complexity index is 751. The summed E-state index contributed by atoms with van der Waals surface area (Å²) in [6.07, 6.45) is 0. The van der Waals surface area contributed by atoms with E-state index in [2.05, 4.69) is 15.4 Å². The van der Waals surface area contributed by atoms with Crippen LogP contribution in [0.1, 0.15) is 35.6 Å². The number of pyridine rings is 1. The number of aliphatic carboxylic acids is 1. The largest absolute Gasteiger partial charge is 0.481 e. The molecule has 7 heteroatoms. The van der Waals surface area contributed by atoms with Crippen LogP contribution in [0.4, 0.5) is 0 Å². The molecule has 0 aliphatic carbocycles. The first-order valence-electron chi connectivity index (χ1n) is 7.07. The molecule has 0 saturated heterocycles. The molecular weight excluding hydrogens is 284 g/mol. The molecule has 0 fully saturated rings. The van der Waals surface area contributed by atoms with Gasteiger partial charge in [0.25, 0.3) is 5.91 Å². The minimum Gasteiger partial charge on any atom is -0.481 e. The Balaban J connectivity index is 2.42. The second-order valence-corrected chi connectivity index (χ2v) is 5.61. The SMILES string of the molecule is Cc1cc(C(=O)NC(C)C(C)C(=O)O)c2c(C)nn(C)c2n1. The molecule has 22 heavy (non-hydrogen) atoms. The number of nitrogens with zero attached hydrogens (tertiary/aromatic N) is 3. The number of rotatable bonds is 4. The van der Waals surface area contributed by atoms with Gasteiger partial charge in [-0.3, -0.25) is 14.3 Å². The quantitative estimate of drug-likeness (QED) is 0.890. The molecule has 2 unspecified atom stereocenters. The van der Waals surface area contributed by atoms with Crippen LogP contribution in [0.3, 0.4) is 0 Å². The van der Waals surface area contributed by atoms with Crippen molar-refractivity contribution in [2.45, 2.75) is 33.7 Å². The van der Waals surface area contributed by atoms with Gasteiger partial charge in [0, 0.05) is 18.8 Å². The summed E-state index contributed by atoms with van der Waals surface area (Å²) in [4.78, 5) is 28.0. The monoisotopic (exact) mass is 304 g/mol. The topological polar surface area (TPSA) is 97.1 Å². The van der Waals surface area contributed by atoms with Crippen molar-refractivity contribution in [2.24, 2.45) is 13.0 Å². The van der Waals surface area contributed by atoms with Gasteiger partial charge in [0.2, 0.25) is 0 Å². The summed E-state index contributed by atoms with van der Waals surface area (Å²) in [7, 11) is 1.78. The third-order valence-electron chi connectivity index (χ3n) is 3.84. The molecule has 2 heterocycles. The van der Waals surface area contributed by atoms with Gasteiger partial charge in [-0.2, -0.15) is 5.10 Å². The molecule has 118 valence electrons. The Kier molecular flexibility index (Phi) is 4.16. The molecule has 0 spiro atoms. The van der Waals surface area contributed by atoms with Crippen molar-refractivity contribution in [3.63, 3.8) is 0 Å². The van der Waals surface area contributed by atoms with Gasteiger partial charge >= 0.3 is 5.97 Å². The van der Waals surface area contributed by atoms with Crippen LogP contribution in [-0.2, 0) is 11.8 Å². The van der Waals surface area contributed by atoms with Crippen LogP contribution in [0.5, 0.6) is 0 Å². The Morgan fingerprint density at radius 3 is 2.55 bits per heavy atom. The number of carbonyl (C=O) groups is 2. The van der Waals surface area contributed by atoms with Crippen molar-refractivity contribution < 1.29 is 14.7 Å². The lowest BCUT2D eigenvalue weighted by Gasteiger charge is -2.18. The number of carboxylic acids is 1. The lowest BCUT2D eigenvalue weighted by Crippen LogP contribution is -2.40. The first-order valence-corrected chi connectivity index (χ1v) is 7.07. The zero-order valence-corrected chi connectivity index (χ0v) is 13.3. The van der Waals surface area contributed by atoms with Crippen molar-refractivity contribution in [3.8, 4) is 0 Å². The second-order valence-electron chi connectivity index (χ2n) is 5.61. The minimum atomic E-state index is -0.943. The number of carbonyl (C=O) groups excluding carboxylic acids is 1. The number of hydrogen-bond donors (Lipinski definition) is 2. The Hall–Kier alpha value is -2.44. The Labute approximate surface area is 128 Å². The van der Waals surface area contributed by atoms with Crippen LogP contribution in [0.2, 0.25) is 0 Å². The molecule has 0 aromatic carbocycles. The van der Waals surface area contributed by atoms with Gasteiger partial charge in [0.05, 0.1) is 22.6 Å². The van der Waals surface area contributed by atoms with E-state index in [1.165, 1.54) is 0 Å². The van der Waals surface area contributed by atoms with Gasteiger partial charge < -0.3 is 10.4 Å². The number of fused-ring (bicyclic) bond motifs is 1. The normalized spacial score (nSPS) is 13.9. The Morgan fingerprint density at radius 2 is 1.95 bits per heavy atom. The molecular formula is C15H20N4O3. The number of aromatic nitrogens is 3. The maximum atomic E-state index is 12.5. The fraction of sp³-hybridized carbons (Fsp3) is 0.467. The second kappa shape index (κ2) is 5.75. The maximum absolute atomic E-state index is 12.5. The highest BCUT2D eigenvalue weighted by atomic mass is 16.4. The number of aryl methyl sites for hydroxylation is 3. The van der Waals surface area contributed by atoms with Crippen LogP contribution >= 0.6 is 0 Å². The van der Waals surface area contributed by atoms with E-state index in [4.69, 9.17) is 5.11 Å². The Morgan fingerprint density at radius 1 is 1.32 bits per heavy atom. The molecule has 1 amide bonds. The van der Waals surface area contributed by atoms with Gasteiger partial charge in [-0.1, -0.05) is 0 Å². The average molecular weight is 304 g/mol. The van der Waals surface area contributed by atoms with Crippen molar-refractivity contribution in [1.82, 2.24) is 20.1 Å². The first kappa shape index (κ1) is 15.9. The highest BCUT2D eigenvalue weighted by Gasteiger charge is 2.24. The summed E-state index contributed by atoms with van der Waals surface area (Å²) >= 11 is 0. The van der Waals surface area contributed by atoms with E-state index >= 15 is 0 Å². The highest BCUT2D eigenvalue weighted by molar-refractivity contribution is 6.06. The third-order valence-corrected chi connectivity index (χ3v) is 3.84. The predicted molar refractivity (Wildman–Crippen MR) is 81.7 cm³/mol. The molecule has 0 aliphatic rings. The molecule has 2 aromatic rings. The summed E-state index contributed by atoms with van der Waals surface area (Å²) in [5, 5.41) is 16.8. The third kappa shape index (κ3) is 2.79. The van der Waals surface area contributed by atoms with Gasteiger partial charge in [-0.15, -0.1) is 0 Å². The molecule has 2 atom stereocenters. The standard InChI is InChI=1S/C15H20N4O3/c1-7-6-11(12-10(4)18-19(5)13(12)16-7)14(20)17-9(3)8(2)15(21)22/h6,8-9H,1-5H3,(H,17,20)(H,21,22). The maximum Gasteiger partial charge on any atom is 0.308 e. The van der Waals surface area contributed by atoms with Crippen LogP contribution in [-0.4, -0.2) is 37.8 Å².